The average molecular weight is 317 g/mol. The van der Waals surface area contributed by atoms with Crippen LogP contribution in [-0.4, -0.2) is 39.6 Å². The quantitative estimate of drug-likeness (QED) is 0.848. The number of nitrogens with zero attached hydrogens (tertiary/aromatic N) is 3. The van der Waals surface area contributed by atoms with E-state index >= 15 is 0 Å². The number of alkyl halides is 3. The van der Waals surface area contributed by atoms with Crippen LogP contribution in [0.4, 0.5) is 13.2 Å². The zero-order valence-electron chi connectivity index (χ0n) is 10.6. The van der Waals surface area contributed by atoms with E-state index in [1.54, 1.807) is 11.4 Å². The van der Waals surface area contributed by atoms with Crippen LogP contribution in [0.2, 0.25) is 0 Å². The van der Waals surface area contributed by atoms with Crippen LogP contribution in [0.3, 0.4) is 0 Å². The largest absolute Gasteiger partial charge is 0.406 e. The maximum absolute atomic E-state index is 12.4. The zero-order chi connectivity index (χ0) is 15.2. The number of likely N-dealkylation sites (tertiary alicyclic amines) is 1. The van der Waals surface area contributed by atoms with Crippen LogP contribution in [0.1, 0.15) is 12.5 Å². The summed E-state index contributed by atoms with van der Waals surface area (Å²) in [4.78, 5) is 29.7. The van der Waals surface area contributed by atoms with Gasteiger partial charge in [0.15, 0.2) is 0 Å². The molecule has 3 rings (SSSR count). The molecule has 1 saturated heterocycles. The van der Waals surface area contributed by atoms with Gasteiger partial charge in [0.2, 0.25) is 5.91 Å². The van der Waals surface area contributed by atoms with Crippen molar-refractivity contribution in [3.05, 3.63) is 28.1 Å². The molecule has 2 aromatic rings. The molecule has 0 spiro atoms. The van der Waals surface area contributed by atoms with Crippen molar-refractivity contribution in [1.82, 2.24) is 14.5 Å². The highest BCUT2D eigenvalue weighted by atomic mass is 32.1. The Balaban J connectivity index is 1.92. The number of fused-ring (bicyclic) bond motifs is 1. The molecule has 21 heavy (non-hydrogen) atoms. The number of hydrogen-bond acceptors (Lipinski definition) is 4. The van der Waals surface area contributed by atoms with Crippen LogP contribution in [-0.2, 0) is 4.79 Å². The summed E-state index contributed by atoms with van der Waals surface area (Å²) in [5.41, 5.74) is -0.395. The summed E-state index contributed by atoms with van der Waals surface area (Å²) < 4.78 is 38.3. The molecule has 1 unspecified atom stereocenters. The van der Waals surface area contributed by atoms with Crippen molar-refractivity contribution >= 4 is 27.5 Å². The van der Waals surface area contributed by atoms with E-state index in [1.165, 1.54) is 17.7 Å². The fourth-order valence-electron chi connectivity index (χ4n) is 2.45. The molecule has 0 saturated carbocycles. The molecular formula is C12H10F3N3O2S. The zero-order valence-corrected chi connectivity index (χ0v) is 11.4. The molecule has 3 heterocycles. The molecule has 0 N–H and O–H groups in total. The topological polar surface area (TPSA) is 55.2 Å². The van der Waals surface area contributed by atoms with Gasteiger partial charge in [0.25, 0.3) is 5.56 Å². The molecule has 0 aliphatic carbocycles. The molecule has 1 amide bonds. The highest BCUT2D eigenvalue weighted by Gasteiger charge is 2.40. The van der Waals surface area contributed by atoms with Crippen LogP contribution in [0.5, 0.6) is 0 Å². The maximum atomic E-state index is 12.4. The lowest BCUT2D eigenvalue weighted by molar-refractivity contribution is -0.158. The van der Waals surface area contributed by atoms with Gasteiger partial charge in [0.05, 0.1) is 11.7 Å². The molecule has 1 atom stereocenters. The molecule has 0 radical (unpaired) electrons. The van der Waals surface area contributed by atoms with Gasteiger partial charge in [-0.05, 0) is 17.9 Å². The van der Waals surface area contributed by atoms with Crippen LogP contribution in [0.15, 0.2) is 22.6 Å². The van der Waals surface area contributed by atoms with Gasteiger partial charge in [0.1, 0.15) is 17.4 Å². The van der Waals surface area contributed by atoms with Gasteiger partial charge in [-0.15, -0.1) is 11.3 Å². The number of amides is 1. The standard InChI is InChI=1S/C12H10F3N3O2S/c13-12(14,15)5-17-3-1-8(11(17)20)18-6-16-9-7(10(18)19)2-4-21-9/h2,4,6,8H,1,3,5H2. The molecule has 1 aliphatic heterocycles. The van der Waals surface area contributed by atoms with E-state index in [-0.39, 0.29) is 13.0 Å². The number of carbonyl (C=O) groups excluding carboxylic acids is 1. The third-order valence-electron chi connectivity index (χ3n) is 3.38. The molecule has 112 valence electrons. The van der Waals surface area contributed by atoms with Crippen LogP contribution in [0.25, 0.3) is 10.2 Å². The molecule has 5 nitrogen and oxygen atoms in total. The second kappa shape index (κ2) is 4.83. The van der Waals surface area contributed by atoms with Gasteiger partial charge in [-0.25, -0.2) is 4.98 Å². The van der Waals surface area contributed by atoms with Crippen molar-refractivity contribution in [2.45, 2.75) is 18.6 Å². The maximum Gasteiger partial charge on any atom is 0.406 e. The van der Waals surface area contributed by atoms with Crippen LogP contribution < -0.4 is 5.56 Å². The van der Waals surface area contributed by atoms with E-state index < -0.39 is 30.2 Å². The number of rotatable bonds is 2. The van der Waals surface area contributed by atoms with Gasteiger partial charge < -0.3 is 4.90 Å². The Morgan fingerprint density at radius 2 is 2.14 bits per heavy atom. The highest BCUT2D eigenvalue weighted by Crippen LogP contribution is 2.26. The number of thiophene rings is 1. The van der Waals surface area contributed by atoms with Crippen molar-refractivity contribution in [2.75, 3.05) is 13.1 Å². The van der Waals surface area contributed by atoms with Crippen molar-refractivity contribution in [1.29, 1.82) is 0 Å². The fraction of sp³-hybridized carbons (Fsp3) is 0.417. The Kier molecular flexibility index (Phi) is 3.23. The second-order valence-corrected chi connectivity index (χ2v) is 5.67. The van der Waals surface area contributed by atoms with Crippen LogP contribution >= 0.6 is 11.3 Å². The first kappa shape index (κ1) is 14.1. The minimum atomic E-state index is -4.44. The third kappa shape index (κ3) is 2.53. The average Bonchev–Trinajstić information content (AvgIpc) is 2.98. The molecule has 1 fully saturated rings. The predicted octanol–water partition coefficient (Wildman–Crippen LogP) is 1.79. The molecule has 2 aromatic heterocycles. The van der Waals surface area contributed by atoms with Crippen molar-refractivity contribution < 1.29 is 18.0 Å². The Morgan fingerprint density at radius 3 is 2.86 bits per heavy atom. The minimum absolute atomic E-state index is 0.0167. The number of aromatic nitrogens is 2. The van der Waals surface area contributed by atoms with E-state index in [0.29, 0.717) is 10.2 Å². The molecule has 0 bridgehead atoms. The minimum Gasteiger partial charge on any atom is -0.332 e. The fourth-order valence-corrected chi connectivity index (χ4v) is 3.17. The molecule has 9 heteroatoms. The first-order chi connectivity index (χ1) is 9.87. The summed E-state index contributed by atoms with van der Waals surface area (Å²) in [7, 11) is 0. The molecule has 0 aromatic carbocycles. The Hall–Kier alpha value is -1.90. The smallest absolute Gasteiger partial charge is 0.332 e. The summed E-state index contributed by atoms with van der Waals surface area (Å²) in [5, 5.41) is 2.08. The lowest BCUT2D eigenvalue weighted by Crippen LogP contribution is -2.38. The third-order valence-corrected chi connectivity index (χ3v) is 4.20. The Labute approximate surface area is 120 Å². The molecular weight excluding hydrogens is 307 g/mol. The molecule has 1 aliphatic rings. The Morgan fingerprint density at radius 1 is 1.38 bits per heavy atom. The normalized spacial score (nSPS) is 19.7. The van der Waals surface area contributed by atoms with Gasteiger partial charge >= 0.3 is 6.18 Å². The number of hydrogen-bond donors (Lipinski definition) is 0. The monoisotopic (exact) mass is 317 g/mol. The summed E-state index contributed by atoms with van der Waals surface area (Å²) in [5.74, 6) is -0.689. The van der Waals surface area contributed by atoms with Gasteiger partial charge in [-0.1, -0.05) is 0 Å². The van der Waals surface area contributed by atoms with Crippen LogP contribution in [0, 0.1) is 0 Å². The van der Waals surface area contributed by atoms with Crippen molar-refractivity contribution in [2.24, 2.45) is 0 Å². The lowest BCUT2D eigenvalue weighted by atomic mass is 10.2. The summed E-state index contributed by atoms with van der Waals surface area (Å²) in [6.07, 6.45) is -3.03. The summed E-state index contributed by atoms with van der Waals surface area (Å²) in [6, 6.07) is 0.690. The van der Waals surface area contributed by atoms with E-state index in [2.05, 4.69) is 4.98 Å². The van der Waals surface area contributed by atoms with Gasteiger partial charge in [-0.3, -0.25) is 14.2 Å². The van der Waals surface area contributed by atoms with E-state index in [0.717, 1.165) is 9.47 Å². The van der Waals surface area contributed by atoms with Crippen molar-refractivity contribution in [3.63, 3.8) is 0 Å². The first-order valence-electron chi connectivity index (χ1n) is 6.17. The van der Waals surface area contributed by atoms with Crippen molar-refractivity contribution in [3.8, 4) is 0 Å². The predicted molar refractivity (Wildman–Crippen MR) is 70.2 cm³/mol. The van der Waals surface area contributed by atoms with E-state index in [9.17, 15) is 22.8 Å². The number of carbonyl (C=O) groups is 1. The SMILES string of the molecule is O=C1C(n2cnc3sccc3c2=O)CCN1CC(F)(F)F. The lowest BCUT2D eigenvalue weighted by Gasteiger charge is -2.18. The van der Waals surface area contributed by atoms with Gasteiger partial charge in [-0.2, -0.15) is 13.2 Å². The van der Waals surface area contributed by atoms with E-state index in [4.69, 9.17) is 0 Å². The summed E-state index contributed by atoms with van der Waals surface area (Å²) in [6.45, 7) is -1.30. The number of halogens is 3. The first-order valence-corrected chi connectivity index (χ1v) is 7.05. The van der Waals surface area contributed by atoms with E-state index in [1.807, 2.05) is 0 Å². The van der Waals surface area contributed by atoms with Gasteiger partial charge in [0, 0.05) is 6.54 Å². The Bertz CT molecular complexity index is 752. The second-order valence-electron chi connectivity index (χ2n) is 4.78. The highest BCUT2D eigenvalue weighted by molar-refractivity contribution is 7.16. The summed E-state index contributed by atoms with van der Waals surface area (Å²) >= 11 is 1.29.